The molecule has 0 unspecified atom stereocenters. The van der Waals surface area contributed by atoms with Gasteiger partial charge in [-0.1, -0.05) is 127 Å². The number of hydrogen-bond donors (Lipinski definition) is 0. The molecule has 1 aliphatic carbocycles. The smallest absolute Gasteiger partial charge is 0.138 e. The standard InChI is InChI=1S/C43H26N2/c1-2-11-27(12-3-1)37-26-42(44-39-19-8-6-15-32(37)39)45-40-20-9-7-16-33(40)38-25-28(21-24-41(38)45)29-22-23-36-31-14-5-4-13-30(31)35-18-10-17-34(29)43(35)36/h1-26H. The number of benzene rings is 7. The Bertz CT molecular complexity index is 2610. The molecule has 1 aliphatic rings. The van der Waals surface area contributed by atoms with E-state index in [2.05, 4.69) is 162 Å². The van der Waals surface area contributed by atoms with Crippen LogP contribution in [0.2, 0.25) is 0 Å². The topological polar surface area (TPSA) is 17.8 Å². The molecule has 0 saturated heterocycles. The molecule has 2 heteroatoms. The Morgan fingerprint density at radius 3 is 1.87 bits per heavy atom. The van der Waals surface area contributed by atoms with E-state index in [1.165, 1.54) is 66.1 Å². The molecule has 0 fully saturated rings. The molecule has 0 saturated carbocycles. The molecular formula is C43H26N2. The molecule has 0 radical (unpaired) electrons. The molecule has 208 valence electrons. The van der Waals surface area contributed by atoms with Crippen molar-refractivity contribution in [3.05, 3.63) is 158 Å². The quantitative estimate of drug-likeness (QED) is 0.207. The first-order chi connectivity index (χ1) is 22.3. The zero-order valence-electron chi connectivity index (χ0n) is 24.4. The molecule has 0 atom stereocenters. The van der Waals surface area contributed by atoms with E-state index in [1.54, 1.807) is 0 Å². The summed E-state index contributed by atoms with van der Waals surface area (Å²) in [6.45, 7) is 0. The highest BCUT2D eigenvalue weighted by Gasteiger charge is 2.23. The van der Waals surface area contributed by atoms with Gasteiger partial charge in [0.1, 0.15) is 5.82 Å². The van der Waals surface area contributed by atoms with Crippen molar-refractivity contribution in [1.82, 2.24) is 9.55 Å². The zero-order chi connectivity index (χ0) is 29.5. The van der Waals surface area contributed by atoms with Crippen LogP contribution in [0, 0.1) is 0 Å². The maximum atomic E-state index is 5.23. The SMILES string of the molecule is c1ccc(-c2cc(-n3c4ccccc4c4cc(-c5ccc6c7c(cccc57)-c5ccccc5-6)ccc43)nc3ccccc23)cc1. The van der Waals surface area contributed by atoms with Crippen LogP contribution in [0.25, 0.3) is 93.8 Å². The first-order valence-corrected chi connectivity index (χ1v) is 15.5. The minimum absolute atomic E-state index is 0.926. The Kier molecular flexibility index (Phi) is 5.03. The molecule has 10 rings (SSSR count). The molecule has 0 bridgehead atoms. The van der Waals surface area contributed by atoms with Crippen LogP contribution in [0.3, 0.4) is 0 Å². The van der Waals surface area contributed by atoms with Crippen LogP contribution in [0.4, 0.5) is 0 Å². The fourth-order valence-corrected chi connectivity index (χ4v) is 7.58. The van der Waals surface area contributed by atoms with E-state index in [0.717, 1.165) is 27.8 Å². The van der Waals surface area contributed by atoms with Crippen LogP contribution in [-0.4, -0.2) is 9.55 Å². The molecule has 2 heterocycles. The molecule has 9 aromatic rings. The summed E-state index contributed by atoms with van der Waals surface area (Å²) in [5.41, 5.74) is 13.5. The van der Waals surface area contributed by atoms with Gasteiger partial charge in [-0.15, -0.1) is 0 Å². The van der Waals surface area contributed by atoms with Gasteiger partial charge in [0.25, 0.3) is 0 Å². The molecule has 0 aliphatic heterocycles. The van der Waals surface area contributed by atoms with Gasteiger partial charge in [-0.25, -0.2) is 4.98 Å². The number of hydrogen-bond acceptors (Lipinski definition) is 1. The summed E-state index contributed by atoms with van der Waals surface area (Å²) in [7, 11) is 0. The predicted molar refractivity (Wildman–Crippen MR) is 189 cm³/mol. The van der Waals surface area contributed by atoms with Gasteiger partial charge in [0.15, 0.2) is 0 Å². The van der Waals surface area contributed by atoms with E-state index in [1.807, 2.05) is 0 Å². The van der Waals surface area contributed by atoms with E-state index >= 15 is 0 Å². The van der Waals surface area contributed by atoms with E-state index < -0.39 is 0 Å². The molecule has 7 aromatic carbocycles. The summed E-state index contributed by atoms with van der Waals surface area (Å²) in [4.78, 5) is 5.23. The Labute approximate surface area is 260 Å². The predicted octanol–water partition coefficient (Wildman–Crippen LogP) is 11.5. The number of nitrogens with zero attached hydrogens (tertiary/aromatic N) is 2. The van der Waals surface area contributed by atoms with Crippen LogP contribution >= 0.6 is 0 Å². The van der Waals surface area contributed by atoms with Gasteiger partial charge >= 0.3 is 0 Å². The number of aromatic nitrogens is 2. The van der Waals surface area contributed by atoms with Crippen molar-refractivity contribution in [2.24, 2.45) is 0 Å². The summed E-state index contributed by atoms with van der Waals surface area (Å²) in [5, 5.41) is 6.26. The molecule has 2 nitrogen and oxygen atoms in total. The highest BCUT2D eigenvalue weighted by molar-refractivity contribution is 6.19. The lowest BCUT2D eigenvalue weighted by atomic mass is 9.93. The average molecular weight is 571 g/mol. The number of rotatable bonds is 3. The highest BCUT2D eigenvalue weighted by Crippen LogP contribution is 2.49. The third-order valence-corrected chi connectivity index (χ3v) is 9.55. The first kappa shape index (κ1) is 24.5. The van der Waals surface area contributed by atoms with Crippen LogP contribution in [0.15, 0.2) is 158 Å². The lowest BCUT2D eigenvalue weighted by Gasteiger charge is -2.13. The summed E-state index contributed by atoms with van der Waals surface area (Å²) in [6, 6.07) is 57.1. The van der Waals surface area contributed by atoms with Gasteiger partial charge in [0, 0.05) is 16.2 Å². The molecular weight excluding hydrogens is 544 g/mol. The highest BCUT2D eigenvalue weighted by atomic mass is 15.1. The van der Waals surface area contributed by atoms with Crippen molar-refractivity contribution in [3.63, 3.8) is 0 Å². The van der Waals surface area contributed by atoms with Gasteiger partial charge in [0.2, 0.25) is 0 Å². The summed E-state index contributed by atoms with van der Waals surface area (Å²) < 4.78 is 2.33. The van der Waals surface area contributed by atoms with Crippen molar-refractivity contribution in [1.29, 1.82) is 0 Å². The second-order valence-corrected chi connectivity index (χ2v) is 11.9. The summed E-state index contributed by atoms with van der Waals surface area (Å²) in [6.07, 6.45) is 0. The zero-order valence-corrected chi connectivity index (χ0v) is 24.4. The normalized spacial score (nSPS) is 12.0. The van der Waals surface area contributed by atoms with Crippen molar-refractivity contribution >= 4 is 43.5 Å². The van der Waals surface area contributed by atoms with Crippen molar-refractivity contribution in [3.8, 4) is 50.3 Å². The first-order valence-electron chi connectivity index (χ1n) is 15.5. The Hall–Kier alpha value is -5.99. The van der Waals surface area contributed by atoms with Crippen LogP contribution < -0.4 is 0 Å². The molecule has 45 heavy (non-hydrogen) atoms. The van der Waals surface area contributed by atoms with Gasteiger partial charge in [-0.05, 0) is 85.6 Å². The van der Waals surface area contributed by atoms with E-state index in [4.69, 9.17) is 4.98 Å². The second kappa shape index (κ2) is 9.25. The maximum absolute atomic E-state index is 5.23. The van der Waals surface area contributed by atoms with Crippen LogP contribution in [-0.2, 0) is 0 Å². The van der Waals surface area contributed by atoms with E-state index in [0.29, 0.717) is 0 Å². The fourth-order valence-electron chi connectivity index (χ4n) is 7.58. The van der Waals surface area contributed by atoms with Gasteiger partial charge in [-0.2, -0.15) is 0 Å². The molecule has 2 aromatic heterocycles. The minimum atomic E-state index is 0.926. The van der Waals surface area contributed by atoms with Gasteiger partial charge in [0.05, 0.1) is 16.6 Å². The van der Waals surface area contributed by atoms with Gasteiger partial charge < -0.3 is 0 Å². The summed E-state index contributed by atoms with van der Waals surface area (Å²) in [5.74, 6) is 0.926. The fraction of sp³-hybridized carbons (Fsp3) is 0. The van der Waals surface area contributed by atoms with Gasteiger partial charge in [-0.3, -0.25) is 4.57 Å². The Morgan fingerprint density at radius 2 is 1.00 bits per heavy atom. The molecule has 0 spiro atoms. The van der Waals surface area contributed by atoms with E-state index in [9.17, 15) is 0 Å². The number of para-hydroxylation sites is 2. The van der Waals surface area contributed by atoms with Crippen molar-refractivity contribution in [2.75, 3.05) is 0 Å². The Morgan fingerprint density at radius 1 is 0.356 bits per heavy atom. The molecule has 0 amide bonds. The number of pyridine rings is 1. The average Bonchev–Trinajstić information content (AvgIpc) is 3.62. The maximum Gasteiger partial charge on any atom is 0.138 e. The summed E-state index contributed by atoms with van der Waals surface area (Å²) >= 11 is 0. The number of fused-ring (bicyclic) bond motifs is 7. The second-order valence-electron chi connectivity index (χ2n) is 11.9. The van der Waals surface area contributed by atoms with Crippen molar-refractivity contribution < 1.29 is 0 Å². The third-order valence-electron chi connectivity index (χ3n) is 9.55. The largest absolute Gasteiger partial charge is 0.294 e. The Balaban J connectivity index is 1.22. The third kappa shape index (κ3) is 3.48. The van der Waals surface area contributed by atoms with E-state index in [-0.39, 0.29) is 0 Å². The molecule has 0 N–H and O–H groups in total. The van der Waals surface area contributed by atoms with Crippen LogP contribution in [0.5, 0.6) is 0 Å². The lowest BCUT2D eigenvalue weighted by molar-refractivity contribution is 1.10. The van der Waals surface area contributed by atoms with Crippen LogP contribution in [0.1, 0.15) is 0 Å². The minimum Gasteiger partial charge on any atom is -0.294 e. The lowest BCUT2D eigenvalue weighted by Crippen LogP contribution is -1.99. The monoisotopic (exact) mass is 570 g/mol. The van der Waals surface area contributed by atoms with Crippen molar-refractivity contribution in [2.45, 2.75) is 0 Å².